The molecule has 1 unspecified atom stereocenters. The summed E-state index contributed by atoms with van der Waals surface area (Å²) in [5.74, 6) is -0.0152. The monoisotopic (exact) mass is 394 g/mol. The van der Waals surface area contributed by atoms with Gasteiger partial charge in [0.2, 0.25) is 5.91 Å². The fourth-order valence-electron chi connectivity index (χ4n) is 3.55. The molecule has 3 aromatic rings. The Balaban J connectivity index is 1.48. The lowest BCUT2D eigenvalue weighted by Gasteiger charge is -2.33. The maximum Gasteiger partial charge on any atom is 0.246 e. The molecule has 0 saturated carbocycles. The first kappa shape index (κ1) is 18.7. The van der Waals surface area contributed by atoms with Crippen molar-refractivity contribution in [3.05, 3.63) is 76.7 Å². The molecule has 144 valence electrons. The van der Waals surface area contributed by atoms with Gasteiger partial charge in [0.25, 0.3) is 0 Å². The number of fused-ring (bicyclic) bond motifs is 1. The molecule has 1 amide bonds. The third-order valence-corrected chi connectivity index (χ3v) is 5.46. The summed E-state index contributed by atoms with van der Waals surface area (Å²) in [4.78, 5) is 18.9. The van der Waals surface area contributed by atoms with Crippen molar-refractivity contribution in [1.29, 1.82) is 0 Å². The highest BCUT2D eigenvalue weighted by molar-refractivity contribution is 6.31. The van der Waals surface area contributed by atoms with Gasteiger partial charge in [-0.05, 0) is 35.8 Å². The third kappa shape index (κ3) is 3.81. The Hall–Kier alpha value is -2.63. The number of piperazine rings is 1. The average Bonchev–Trinajstić information content (AvgIpc) is 3.07. The lowest BCUT2D eigenvalue weighted by Crippen LogP contribution is -2.47. The first-order valence-electron chi connectivity index (χ1n) is 9.57. The van der Waals surface area contributed by atoms with E-state index >= 15 is 0 Å². The van der Waals surface area contributed by atoms with E-state index in [2.05, 4.69) is 41.5 Å². The van der Waals surface area contributed by atoms with Gasteiger partial charge in [0.15, 0.2) is 5.15 Å². The maximum absolute atomic E-state index is 12.8. The molecular formula is C22H23ClN4O. The largest absolute Gasteiger partial charge is 0.336 e. The van der Waals surface area contributed by atoms with Gasteiger partial charge in [-0.15, -0.1) is 0 Å². The zero-order valence-corrected chi connectivity index (χ0v) is 16.6. The predicted molar refractivity (Wildman–Crippen MR) is 112 cm³/mol. The Morgan fingerprint density at radius 2 is 2.11 bits per heavy atom. The molecule has 5 nitrogen and oxygen atoms in total. The third-order valence-electron chi connectivity index (χ3n) is 5.18. The first-order valence-corrected chi connectivity index (χ1v) is 9.95. The number of rotatable bonds is 4. The van der Waals surface area contributed by atoms with E-state index in [0.717, 1.165) is 18.6 Å². The number of hydrogen-bond acceptors (Lipinski definition) is 3. The highest BCUT2D eigenvalue weighted by Crippen LogP contribution is 2.21. The summed E-state index contributed by atoms with van der Waals surface area (Å²) in [5.41, 5.74) is 4.01. The number of carbonyl (C=O) groups is 1. The van der Waals surface area contributed by atoms with Crippen molar-refractivity contribution in [2.24, 2.45) is 0 Å². The van der Waals surface area contributed by atoms with E-state index in [-0.39, 0.29) is 11.9 Å². The minimum atomic E-state index is -0.0152. The van der Waals surface area contributed by atoms with Crippen LogP contribution in [0, 0.1) is 0 Å². The van der Waals surface area contributed by atoms with Crippen molar-refractivity contribution in [1.82, 2.24) is 19.6 Å². The van der Waals surface area contributed by atoms with Gasteiger partial charge < -0.3 is 10.2 Å². The molecule has 1 saturated heterocycles. The van der Waals surface area contributed by atoms with E-state index in [1.807, 2.05) is 33.7 Å². The Kier molecular flexibility index (Phi) is 5.46. The van der Waals surface area contributed by atoms with Gasteiger partial charge in [-0.25, -0.2) is 4.98 Å². The van der Waals surface area contributed by atoms with Crippen molar-refractivity contribution in [2.45, 2.75) is 19.4 Å². The van der Waals surface area contributed by atoms with Gasteiger partial charge in [-0.1, -0.05) is 48.9 Å². The van der Waals surface area contributed by atoms with Crippen molar-refractivity contribution >= 4 is 29.2 Å². The van der Waals surface area contributed by atoms with Gasteiger partial charge in [0.1, 0.15) is 5.65 Å². The SMILES string of the molecule is CCc1ccc(C2CN(C(=O)/C=C/c3c(Cl)nc4ccccn34)CCN2)cc1. The summed E-state index contributed by atoms with van der Waals surface area (Å²) in [5, 5.41) is 3.90. The number of aromatic nitrogens is 2. The Labute approximate surface area is 169 Å². The predicted octanol–water partition coefficient (Wildman–Crippen LogP) is 3.74. The molecular weight excluding hydrogens is 372 g/mol. The fraction of sp³-hybridized carbons (Fsp3) is 0.273. The van der Waals surface area contributed by atoms with Crippen LogP contribution in [0.5, 0.6) is 0 Å². The topological polar surface area (TPSA) is 49.6 Å². The molecule has 0 radical (unpaired) electrons. The van der Waals surface area contributed by atoms with Crippen LogP contribution in [0.4, 0.5) is 0 Å². The minimum Gasteiger partial charge on any atom is -0.336 e. The van der Waals surface area contributed by atoms with Gasteiger partial charge >= 0.3 is 0 Å². The van der Waals surface area contributed by atoms with E-state index in [4.69, 9.17) is 11.6 Å². The summed E-state index contributed by atoms with van der Waals surface area (Å²) in [6.07, 6.45) is 6.25. The lowest BCUT2D eigenvalue weighted by molar-refractivity contribution is -0.127. The standard InChI is InChI=1S/C22H23ClN4O/c1-2-16-6-8-17(9-7-16)18-15-26(14-12-24-18)21(28)11-10-19-22(23)25-20-5-3-4-13-27(19)20/h3-11,13,18,24H,2,12,14-15H2,1H3/b11-10+. The number of benzene rings is 1. The highest BCUT2D eigenvalue weighted by atomic mass is 35.5. The van der Waals surface area contributed by atoms with Crippen LogP contribution in [-0.4, -0.2) is 39.8 Å². The smallest absolute Gasteiger partial charge is 0.246 e. The van der Waals surface area contributed by atoms with E-state index in [0.29, 0.717) is 23.9 Å². The zero-order chi connectivity index (χ0) is 19.5. The molecule has 2 aromatic heterocycles. The lowest BCUT2D eigenvalue weighted by atomic mass is 10.0. The number of aryl methyl sites for hydroxylation is 1. The van der Waals surface area contributed by atoms with Crippen LogP contribution in [0.25, 0.3) is 11.7 Å². The average molecular weight is 395 g/mol. The maximum atomic E-state index is 12.8. The van der Waals surface area contributed by atoms with Crippen LogP contribution in [0.3, 0.4) is 0 Å². The van der Waals surface area contributed by atoms with Crippen LogP contribution >= 0.6 is 11.6 Å². The number of carbonyl (C=O) groups excluding carboxylic acids is 1. The second-order valence-electron chi connectivity index (χ2n) is 6.94. The molecule has 1 aliphatic rings. The van der Waals surface area contributed by atoms with Crippen LogP contribution in [0.2, 0.25) is 5.15 Å². The minimum absolute atomic E-state index is 0.0152. The molecule has 1 N–H and O–H groups in total. The van der Waals surface area contributed by atoms with Gasteiger partial charge in [0.05, 0.1) is 5.69 Å². The van der Waals surface area contributed by atoms with Gasteiger partial charge in [-0.3, -0.25) is 9.20 Å². The van der Waals surface area contributed by atoms with Gasteiger partial charge in [-0.2, -0.15) is 0 Å². The number of nitrogens with zero attached hydrogens (tertiary/aromatic N) is 3. The van der Waals surface area contributed by atoms with Gasteiger partial charge in [0, 0.05) is 37.9 Å². The normalized spacial score (nSPS) is 17.5. The van der Waals surface area contributed by atoms with Crippen LogP contribution < -0.4 is 5.32 Å². The quantitative estimate of drug-likeness (QED) is 0.686. The van der Waals surface area contributed by atoms with Crippen molar-refractivity contribution in [3.8, 4) is 0 Å². The molecule has 1 fully saturated rings. The summed E-state index contributed by atoms with van der Waals surface area (Å²) in [7, 11) is 0. The summed E-state index contributed by atoms with van der Waals surface area (Å²) in [6, 6.07) is 14.5. The van der Waals surface area contributed by atoms with Crippen molar-refractivity contribution < 1.29 is 4.79 Å². The van der Waals surface area contributed by atoms with E-state index < -0.39 is 0 Å². The van der Waals surface area contributed by atoms with E-state index in [1.165, 1.54) is 11.1 Å². The molecule has 1 aromatic carbocycles. The number of hydrogen-bond donors (Lipinski definition) is 1. The summed E-state index contributed by atoms with van der Waals surface area (Å²) < 4.78 is 1.88. The van der Waals surface area contributed by atoms with Crippen LogP contribution in [0.1, 0.15) is 29.8 Å². The molecule has 1 aliphatic heterocycles. The molecule has 0 bridgehead atoms. The second kappa shape index (κ2) is 8.17. The number of pyridine rings is 1. The summed E-state index contributed by atoms with van der Waals surface area (Å²) in [6.45, 7) is 4.26. The van der Waals surface area contributed by atoms with Crippen LogP contribution in [0.15, 0.2) is 54.7 Å². The number of imidazole rings is 1. The fourth-order valence-corrected chi connectivity index (χ4v) is 3.79. The Morgan fingerprint density at radius 1 is 1.29 bits per heavy atom. The second-order valence-corrected chi connectivity index (χ2v) is 7.29. The summed E-state index contributed by atoms with van der Waals surface area (Å²) >= 11 is 6.25. The zero-order valence-electron chi connectivity index (χ0n) is 15.8. The molecule has 1 atom stereocenters. The Bertz CT molecular complexity index is 1010. The van der Waals surface area contributed by atoms with Crippen molar-refractivity contribution in [3.63, 3.8) is 0 Å². The number of amides is 1. The molecule has 28 heavy (non-hydrogen) atoms. The molecule has 0 aliphatic carbocycles. The van der Waals surface area contributed by atoms with Crippen molar-refractivity contribution in [2.75, 3.05) is 19.6 Å². The molecule has 0 spiro atoms. The van der Waals surface area contributed by atoms with E-state index in [1.54, 1.807) is 12.2 Å². The molecule has 6 heteroatoms. The van der Waals surface area contributed by atoms with E-state index in [9.17, 15) is 4.79 Å². The highest BCUT2D eigenvalue weighted by Gasteiger charge is 2.23. The Morgan fingerprint density at radius 3 is 2.89 bits per heavy atom. The molecule has 3 heterocycles. The first-order chi connectivity index (χ1) is 13.7. The molecule has 4 rings (SSSR count). The van der Waals surface area contributed by atoms with Crippen LogP contribution in [-0.2, 0) is 11.2 Å². The number of nitrogens with one attached hydrogen (secondary N) is 1. The number of halogens is 1.